The average molecular weight is 358 g/mol. The van der Waals surface area contributed by atoms with Gasteiger partial charge < -0.3 is 4.74 Å². The highest BCUT2D eigenvalue weighted by Gasteiger charge is 2.18. The van der Waals surface area contributed by atoms with Crippen molar-refractivity contribution in [2.75, 3.05) is 6.61 Å². The van der Waals surface area contributed by atoms with Crippen LogP contribution in [-0.4, -0.2) is 18.4 Å². The zero-order valence-electron chi connectivity index (χ0n) is 14.3. The maximum Gasteiger partial charge on any atom is 0.279 e. The van der Waals surface area contributed by atoms with E-state index in [4.69, 9.17) is 4.74 Å². The van der Waals surface area contributed by atoms with Crippen molar-refractivity contribution in [3.63, 3.8) is 0 Å². The molecule has 0 bridgehead atoms. The van der Waals surface area contributed by atoms with Crippen molar-refractivity contribution >= 4 is 23.2 Å². The third-order valence-corrected chi connectivity index (χ3v) is 5.43. The van der Waals surface area contributed by atoms with Crippen LogP contribution in [0, 0.1) is 0 Å². The molecule has 5 nitrogen and oxygen atoms in total. The number of carbonyl (C=O) groups excluding carboxylic acids is 2. The van der Waals surface area contributed by atoms with Gasteiger partial charge in [-0.3, -0.25) is 20.4 Å². The summed E-state index contributed by atoms with van der Waals surface area (Å²) < 4.78 is 5.45. The number of amides is 2. The molecule has 2 amide bonds. The highest BCUT2D eigenvalue weighted by molar-refractivity contribution is 7.14. The molecule has 0 saturated carbocycles. The summed E-state index contributed by atoms with van der Waals surface area (Å²) in [6, 6.07) is 8.92. The second kappa shape index (κ2) is 8.16. The molecule has 25 heavy (non-hydrogen) atoms. The van der Waals surface area contributed by atoms with Gasteiger partial charge in [-0.2, -0.15) is 0 Å². The van der Waals surface area contributed by atoms with E-state index in [0.717, 1.165) is 12.8 Å². The first-order valence-corrected chi connectivity index (χ1v) is 9.44. The molecular formula is C19H22N2O3S. The average Bonchev–Trinajstić information content (AvgIpc) is 2.91. The predicted molar refractivity (Wildman–Crippen MR) is 98.1 cm³/mol. The minimum absolute atomic E-state index is 0.277. The van der Waals surface area contributed by atoms with Crippen LogP contribution in [0.1, 0.15) is 56.7 Å². The lowest BCUT2D eigenvalue weighted by Gasteiger charge is -2.10. The van der Waals surface area contributed by atoms with Gasteiger partial charge in [-0.1, -0.05) is 18.6 Å². The summed E-state index contributed by atoms with van der Waals surface area (Å²) in [7, 11) is 0. The molecule has 0 saturated heterocycles. The van der Waals surface area contributed by atoms with E-state index < -0.39 is 5.91 Å². The van der Waals surface area contributed by atoms with E-state index in [9.17, 15) is 9.59 Å². The Labute approximate surface area is 151 Å². The van der Waals surface area contributed by atoms with Crippen molar-refractivity contribution in [1.82, 2.24) is 10.9 Å². The summed E-state index contributed by atoms with van der Waals surface area (Å²) in [5.41, 5.74) is 6.66. The predicted octanol–water partition coefficient (Wildman–Crippen LogP) is 3.49. The topological polar surface area (TPSA) is 67.4 Å². The van der Waals surface area contributed by atoms with Crippen LogP contribution in [0.5, 0.6) is 5.75 Å². The maximum absolute atomic E-state index is 12.3. The molecule has 0 radical (unpaired) electrons. The van der Waals surface area contributed by atoms with Gasteiger partial charge in [-0.15, -0.1) is 11.3 Å². The highest BCUT2D eigenvalue weighted by Crippen LogP contribution is 2.28. The van der Waals surface area contributed by atoms with Gasteiger partial charge in [0, 0.05) is 4.88 Å². The summed E-state index contributed by atoms with van der Waals surface area (Å²) in [5.74, 6) is -0.171. The van der Waals surface area contributed by atoms with Gasteiger partial charge >= 0.3 is 0 Å². The molecule has 2 N–H and O–H groups in total. The quantitative estimate of drug-likeness (QED) is 0.649. The minimum Gasteiger partial charge on any atom is -0.493 e. The van der Waals surface area contributed by atoms with Crippen LogP contribution in [0.2, 0.25) is 0 Å². The Kier molecular flexibility index (Phi) is 5.71. The maximum atomic E-state index is 12.3. The number of para-hydroxylation sites is 1. The SMILES string of the molecule is CCOc1ccccc1C(=O)NNC(=O)c1cc2c(s1)CCCCC2. The zero-order chi connectivity index (χ0) is 17.6. The number of rotatable bonds is 4. The largest absolute Gasteiger partial charge is 0.493 e. The third kappa shape index (κ3) is 4.20. The van der Waals surface area contributed by atoms with Crippen LogP contribution in [0.4, 0.5) is 0 Å². The first-order chi connectivity index (χ1) is 12.2. The molecule has 0 fully saturated rings. The Bertz CT molecular complexity index is 746. The number of aryl methyl sites for hydroxylation is 2. The Morgan fingerprint density at radius 2 is 1.84 bits per heavy atom. The fourth-order valence-corrected chi connectivity index (χ4v) is 4.11. The van der Waals surface area contributed by atoms with E-state index >= 15 is 0 Å². The molecule has 0 unspecified atom stereocenters. The van der Waals surface area contributed by atoms with E-state index in [1.807, 2.05) is 13.0 Å². The third-order valence-electron chi connectivity index (χ3n) is 4.19. The van der Waals surface area contributed by atoms with Crippen LogP contribution in [0.25, 0.3) is 0 Å². The Balaban J connectivity index is 1.63. The first-order valence-electron chi connectivity index (χ1n) is 8.63. The zero-order valence-corrected chi connectivity index (χ0v) is 15.1. The van der Waals surface area contributed by atoms with Gasteiger partial charge in [-0.25, -0.2) is 0 Å². The van der Waals surface area contributed by atoms with Crippen molar-refractivity contribution in [1.29, 1.82) is 0 Å². The molecule has 1 aromatic carbocycles. The molecular weight excluding hydrogens is 336 g/mol. The number of hydrogen-bond acceptors (Lipinski definition) is 4. The number of carbonyl (C=O) groups is 2. The number of ether oxygens (including phenoxy) is 1. The molecule has 1 heterocycles. The van der Waals surface area contributed by atoms with Crippen LogP contribution < -0.4 is 15.6 Å². The number of hydrazine groups is 1. The molecule has 6 heteroatoms. The number of nitrogens with one attached hydrogen (secondary N) is 2. The van der Waals surface area contributed by atoms with Gasteiger partial charge in [0.15, 0.2) is 0 Å². The molecule has 1 aliphatic rings. The minimum atomic E-state index is -0.393. The molecule has 132 valence electrons. The van der Waals surface area contributed by atoms with E-state index in [0.29, 0.717) is 22.8 Å². The number of hydrogen-bond donors (Lipinski definition) is 2. The smallest absolute Gasteiger partial charge is 0.279 e. The molecule has 1 aromatic heterocycles. The second-order valence-corrected chi connectivity index (χ2v) is 7.09. The van der Waals surface area contributed by atoms with Crippen LogP contribution in [0.15, 0.2) is 30.3 Å². The number of thiophene rings is 1. The molecule has 2 aromatic rings. The van der Waals surface area contributed by atoms with E-state index in [-0.39, 0.29) is 5.91 Å². The lowest BCUT2D eigenvalue weighted by atomic mass is 10.1. The van der Waals surface area contributed by atoms with Gasteiger partial charge in [-0.05, 0) is 56.4 Å². The van der Waals surface area contributed by atoms with E-state index in [1.165, 1.54) is 41.0 Å². The summed E-state index contributed by atoms with van der Waals surface area (Å²) in [5, 5.41) is 0. The second-order valence-electron chi connectivity index (χ2n) is 5.96. The van der Waals surface area contributed by atoms with Gasteiger partial charge in [0.25, 0.3) is 11.8 Å². The Morgan fingerprint density at radius 1 is 1.08 bits per heavy atom. The van der Waals surface area contributed by atoms with Gasteiger partial charge in [0.05, 0.1) is 17.0 Å². The monoisotopic (exact) mass is 358 g/mol. The Hall–Kier alpha value is -2.34. The fraction of sp³-hybridized carbons (Fsp3) is 0.368. The van der Waals surface area contributed by atoms with Gasteiger partial charge in [0.1, 0.15) is 5.75 Å². The van der Waals surface area contributed by atoms with Crippen molar-refractivity contribution in [3.8, 4) is 5.75 Å². The number of benzene rings is 1. The summed E-state index contributed by atoms with van der Waals surface area (Å²) >= 11 is 1.53. The summed E-state index contributed by atoms with van der Waals surface area (Å²) in [6.45, 7) is 2.33. The molecule has 0 spiro atoms. The van der Waals surface area contributed by atoms with Crippen molar-refractivity contribution in [2.24, 2.45) is 0 Å². The van der Waals surface area contributed by atoms with Crippen LogP contribution >= 0.6 is 11.3 Å². The first kappa shape index (κ1) is 17.5. The lowest BCUT2D eigenvalue weighted by molar-refractivity contribution is 0.0846. The normalized spacial score (nSPS) is 13.5. The Morgan fingerprint density at radius 3 is 2.68 bits per heavy atom. The van der Waals surface area contributed by atoms with Crippen LogP contribution in [-0.2, 0) is 12.8 Å². The standard InChI is InChI=1S/C19H22N2O3S/c1-2-24-15-10-7-6-9-14(15)18(22)20-21-19(23)17-12-13-8-4-3-5-11-16(13)25-17/h6-7,9-10,12H,2-5,8,11H2,1H3,(H,20,22)(H,21,23). The van der Waals surface area contributed by atoms with Crippen LogP contribution in [0.3, 0.4) is 0 Å². The summed E-state index contributed by atoms with van der Waals surface area (Å²) in [6.07, 6.45) is 5.68. The molecule has 0 aliphatic heterocycles. The van der Waals surface area contributed by atoms with E-state index in [2.05, 4.69) is 10.9 Å². The van der Waals surface area contributed by atoms with Crippen molar-refractivity contribution in [2.45, 2.75) is 39.0 Å². The summed E-state index contributed by atoms with van der Waals surface area (Å²) in [4.78, 5) is 26.6. The lowest BCUT2D eigenvalue weighted by Crippen LogP contribution is -2.41. The van der Waals surface area contributed by atoms with Gasteiger partial charge in [0.2, 0.25) is 0 Å². The molecule has 1 aliphatic carbocycles. The molecule has 3 rings (SSSR count). The van der Waals surface area contributed by atoms with Crippen molar-refractivity contribution < 1.29 is 14.3 Å². The number of fused-ring (bicyclic) bond motifs is 1. The fourth-order valence-electron chi connectivity index (χ4n) is 2.96. The highest BCUT2D eigenvalue weighted by atomic mass is 32.1. The van der Waals surface area contributed by atoms with E-state index in [1.54, 1.807) is 24.3 Å². The van der Waals surface area contributed by atoms with Crippen molar-refractivity contribution in [3.05, 3.63) is 51.2 Å². The molecule has 0 atom stereocenters.